The van der Waals surface area contributed by atoms with Gasteiger partial charge < -0.3 is 10.2 Å². The van der Waals surface area contributed by atoms with E-state index in [0.717, 1.165) is 16.8 Å². The smallest absolute Gasteiger partial charge is 0.253 e. The van der Waals surface area contributed by atoms with E-state index in [1.807, 2.05) is 66.9 Å². The molecule has 4 rings (SSSR count). The highest BCUT2D eigenvalue weighted by Gasteiger charge is 2.22. The van der Waals surface area contributed by atoms with Gasteiger partial charge in [-0.05, 0) is 29.8 Å². The van der Waals surface area contributed by atoms with Crippen molar-refractivity contribution in [1.29, 1.82) is 0 Å². The summed E-state index contributed by atoms with van der Waals surface area (Å²) >= 11 is 6.20. The number of benzene rings is 3. The van der Waals surface area contributed by atoms with Gasteiger partial charge in [-0.2, -0.15) is 5.10 Å². The lowest BCUT2D eigenvalue weighted by atomic mass is 10.0. The molecule has 0 spiro atoms. The van der Waals surface area contributed by atoms with Crippen molar-refractivity contribution >= 4 is 23.4 Å². The molecule has 0 radical (unpaired) electrons. The minimum absolute atomic E-state index is 0.0965. The second-order valence-electron chi connectivity index (χ2n) is 8.00. The molecular weight excluding hydrogens is 448 g/mol. The van der Waals surface area contributed by atoms with E-state index in [1.165, 1.54) is 0 Å². The second-order valence-corrected chi connectivity index (χ2v) is 8.41. The first-order valence-electron chi connectivity index (χ1n) is 10.9. The van der Waals surface area contributed by atoms with Crippen LogP contribution in [0.2, 0.25) is 5.02 Å². The molecule has 0 aliphatic heterocycles. The summed E-state index contributed by atoms with van der Waals surface area (Å²) in [4.78, 5) is 27.7. The molecule has 1 N–H and O–H groups in total. The van der Waals surface area contributed by atoms with Crippen LogP contribution in [0, 0.1) is 0 Å². The quantitative estimate of drug-likeness (QED) is 0.390. The van der Waals surface area contributed by atoms with Crippen LogP contribution in [0.25, 0.3) is 5.69 Å². The van der Waals surface area contributed by atoms with Crippen molar-refractivity contribution in [3.8, 4) is 5.69 Å². The highest BCUT2D eigenvalue weighted by Crippen LogP contribution is 2.21. The van der Waals surface area contributed by atoms with Gasteiger partial charge in [0.1, 0.15) is 0 Å². The number of carbonyl (C=O) groups excluding carboxylic acids is 2. The van der Waals surface area contributed by atoms with Crippen molar-refractivity contribution < 1.29 is 9.59 Å². The topological polar surface area (TPSA) is 67.2 Å². The molecule has 4 aromatic rings. The fraction of sp³-hybridized carbons (Fsp3) is 0.148. The molecule has 1 aromatic heterocycles. The molecule has 0 bridgehead atoms. The molecule has 6 nitrogen and oxygen atoms in total. The van der Waals surface area contributed by atoms with Gasteiger partial charge in [0.25, 0.3) is 5.91 Å². The monoisotopic (exact) mass is 472 g/mol. The minimum atomic E-state index is -0.494. The van der Waals surface area contributed by atoms with E-state index >= 15 is 0 Å². The Morgan fingerprint density at radius 2 is 1.62 bits per heavy atom. The van der Waals surface area contributed by atoms with Gasteiger partial charge in [0, 0.05) is 25.4 Å². The van der Waals surface area contributed by atoms with E-state index in [-0.39, 0.29) is 18.2 Å². The number of carbonyl (C=O) groups is 2. The Hall–Kier alpha value is -3.90. The molecule has 3 aromatic carbocycles. The third-order valence-corrected chi connectivity index (χ3v) is 5.84. The number of halogens is 1. The summed E-state index contributed by atoms with van der Waals surface area (Å²) in [5, 5.41) is 7.74. The minimum Gasteiger partial charge on any atom is -0.345 e. The molecule has 0 aliphatic rings. The third-order valence-electron chi connectivity index (χ3n) is 5.51. The van der Waals surface area contributed by atoms with Crippen LogP contribution in [0.5, 0.6) is 0 Å². The van der Waals surface area contributed by atoms with E-state index in [1.54, 1.807) is 47.1 Å². The molecule has 1 atom stereocenters. The number of rotatable bonds is 8. The van der Waals surface area contributed by atoms with Gasteiger partial charge in [-0.25, -0.2) is 4.68 Å². The lowest BCUT2D eigenvalue weighted by molar-refractivity contribution is -0.130. The Morgan fingerprint density at radius 1 is 0.971 bits per heavy atom. The van der Waals surface area contributed by atoms with Crippen molar-refractivity contribution in [3.63, 3.8) is 0 Å². The Balaban J connectivity index is 1.45. The fourth-order valence-electron chi connectivity index (χ4n) is 3.68. The first-order valence-corrected chi connectivity index (χ1v) is 11.3. The van der Waals surface area contributed by atoms with Crippen molar-refractivity contribution in [2.75, 3.05) is 7.05 Å². The van der Waals surface area contributed by atoms with E-state index in [4.69, 9.17) is 11.6 Å². The van der Waals surface area contributed by atoms with Crippen LogP contribution in [-0.2, 0) is 11.3 Å². The molecule has 2 amide bonds. The zero-order valence-corrected chi connectivity index (χ0v) is 19.5. The maximum Gasteiger partial charge on any atom is 0.253 e. The summed E-state index contributed by atoms with van der Waals surface area (Å²) in [5.74, 6) is -0.417. The maximum absolute atomic E-state index is 13.1. The van der Waals surface area contributed by atoms with Crippen LogP contribution in [0.4, 0.5) is 0 Å². The van der Waals surface area contributed by atoms with E-state index in [9.17, 15) is 9.59 Å². The summed E-state index contributed by atoms with van der Waals surface area (Å²) in [6.07, 6.45) is 3.78. The SMILES string of the molecule is CN(Cc1cnn(-c2ccccc2)c1)C(=O)CC(NC(=O)c1ccccc1Cl)c1ccccc1. The number of amides is 2. The van der Waals surface area contributed by atoms with Crippen molar-refractivity contribution in [2.24, 2.45) is 0 Å². The lowest BCUT2D eigenvalue weighted by Crippen LogP contribution is -2.34. The number of nitrogens with zero attached hydrogens (tertiary/aromatic N) is 3. The first kappa shape index (κ1) is 23.3. The number of aromatic nitrogens is 2. The summed E-state index contributed by atoms with van der Waals surface area (Å²) in [6.45, 7) is 0.408. The molecule has 0 fully saturated rings. The lowest BCUT2D eigenvalue weighted by Gasteiger charge is -2.23. The molecule has 7 heteroatoms. The highest BCUT2D eigenvalue weighted by molar-refractivity contribution is 6.33. The fourth-order valence-corrected chi connectivity index (χ4v) is 3.90. The van der Waals surface area contributed by atoms with Crippen LogP contribution >= 0.6 is 11.6 Å². The van der Waals surface area contributed by atoms with Gasteiger partial charge in [0.2, 0.25) is 5.91 Å². The number of hydrogen-bond donors (Lipinski definition) is 1. The van der Waals surface area contributed by atoms with Crippen molar-refractivity contribution in [1.82, 2.24) is 20.0 Å². The van der Waals surface area contributed by atoms with Gasteiger partial charge in [-0.3, -0.25) is 9.59 Å². The number of hydrogen-bond acceptors (Lipinski definition) is 3. The Kier molecular flexibility index (Phi) is 7.40. The van der Waals surface area contributed by atoms with Gasteiger partial charge in [-0.1, -0.05) is 72.3 Å². The average molecular weight is 473 g/mol. The zero-order valence-electron chi connectivity index (χ0n) is 18.8. The van der Waals surface area contributed by atoms with Crippen molar-refractivity contribution in [3.05, 3.63) is 119 Å². The van der Waals surface area contributed by atoms with E-state index in [2.05, 4.69) is 10.4 Å². The van der Waals surface area contributed by atoms with Gasteiger partial charge in [-0.15, -0.1) is 0 Å². The molecular formula is C27H25ClN4O2. The molecule has 1 unspecified atom stereocenters. The van der Waals surface area contributed by atoms with E-state index < -0.39 is 6.04 Å². The summed E-state index contributed by atoms with van der Waals surface area (Å²) in [6, 6.07) is 25.6. The predicted molar refractivity (Wildman–Crippen MR) is 133 cm³/mol. The average Bonchev–Trinajstić information content (AvgIpc) is 3.33. The van der Waals surface area contributed by atoms with Crippen LogP contribution in [0.3, 0.4) is 0 Å². The summed E-state index contributed by atoms with van der Waals surface area (Å²) < 4.78 is 1.78. The summed E-state index contributed by atoms with van der Waals surface area (Å²) in [7, 11) is 1.75. The Morgan fingerprint density at radius 3 is 2.32 bits per heavy atom. The molecule has 0 saturated heterocycles. The third kappa shape index (κ3) is 5.71. The zero-order chi connectivity index (χ0) is 23.9. The van der Waals surface area contributed by atoms with Crippen LogP contribution < -0.4 is 5.32 Å². The summed E-state index contributed by atoms with van der Waals surface area (Å²) in [5.41, 5.74) is 3.09. The highest BCUT2D eigenvalue weighted by atomic mass is 35.5. The van der Waals surface area contributed by atoms with Crippen LogP contribution in [0.15, 0.2) is 97.3 Å². The molecule has 34 heavy (non-hydrogen) atoms. The van der Waals surface area contributed by atoms with Crippen LogP contribution in [0.1, 0.15) is 33.9 Å². The second kappa shape index (κ2) is 10.8. The van der Waals surface area contributed by atoms with Gasteiger partial charge in [0.05, 0.1) is 34.9 Å². The first-order chi connectivity index (χ1) is 16.5. The van der Waals surface area contributed by atoms with Crippen LogP contribution in [-0.4, -0.2) is 33.5 Å². The molecule has 1 heterocycles. The van der Waals surface area contributed by atoms with Gasteiger partial charge in [0.15, 0.2) is 0 Å². The van der Waals surface area contributed by atoms with Gasteiger partial charge >= 0.3 is 0 Å². The van der Waals surface area contributed by atoms with E-state index in [0.29, 0.717) is 17.1 Å². The number of para-hydroxylation sites is 1. The Bertz CT molecular complexity index is 1260. The molecule has 172 valence electrons. The standard InChI is InChI=1S/C27H25ClN4O2/c1-31(18-20-17-29-32(19-20)22-12-6-3-7-13-22)26(33)16-25(21-10-4-2-5-11-21)30-27(34)23-14-8-9-15-24(23)28/h2-15,17,19,25H,16,18H2,1H3,(H,30,34). The normalized spacial score (nSPS) is 11.6. The van der Waals surface area contributed by atoms with Crippen molar-refractivity contribution in [2.45, 2.75) is 19.0 Å². The molecule has 0 saturated carbocycles. The molecule has 0 aliphatic carbocycles. The maximum atomic E-state index is 13.1. The largest absolute Gasteiger partial charge is 0.345 e. The number of nitrogens with one attached hydrogen (secondary N) is 1. The Labute approximate surface area is 203 Å². The predicted octanol–water partition coefficient (Wildman–Crippen LogP) is 5.05.